The Bertz CT molecular complexity index is 708. The fourth-order valence-corrected chi connectivity index (χ4v) is 3.80. The molecule has 4 rings (SSSR count). The molecule has 1 aromatic rings. The highest BCUT2D eigenvalue weighted by Gasteiger charge is 2.48. The first-order chi connectivity index (χ1) is 12.6. The zero-order valence-corrected chi connectivity index (χ0v) is 15.0. The molecule has 1 aromatic carbocycles. The molecule has 2 aliphatic heterocycles. The van der Waals surface area contributed by atoms with E-state index in [-0.39, 0.29) is 42.0 Å². The first-order valence-electron chi connectivity index (χ1n) is 9.06. The van der Waals surface area contributed by atoms with Crippen LogP contribution in [0, 0.1) is 11.8 Å². The zero-order chi connectivity index (χ0) is 18.3. The van der Waals surface area contributed by atoms with Crippen molar-refractivity contribution >= 4 is 17.5 Å². The SMILES string of the molecule is COc1ccccc1NC1CC(NC(=O)C2CC2)NC2NN(C)C(=O)C12. The Labute approximate surface area is 152 Å². The molecule has 26 heavy (non-hydrogen) atoms. The van der Waals surface area contributed by atoms with Gasteiger partial charge in [-0.1, -0.05) is 12.1 Å². The zero-order valence-electron chi connectivity index (χ0n) is 15.0. The summed E-state index contributed by atoms with van der Waals surface area (Å²) in [6, 6.07) is 7.52. The smallest absolute Gasteiger partial charge is 0.244 e. The number of carbonyl (C=O) groups is 2. The van der Waals surface area contributed by atoms with Gasteiger partial charge < -0.3 is 15.4 Å². The van der Waals surface area contributed by atoms with E-state index < -0.39 is 0 Å². The van der Waals surface area contributed by atoms with E-state index in [0.717, 1.165) is 24.3 Å². The van der Waals surface area contributed by atoms with Gasteiger partial charge in [-0.2, -0.15) is 0 Å². The molecule has 3 aliphatic rings. The second kappa shape index (κ2) is 6.77. The lowest BCUT2D eigenvalue weighted by Crippen LogP contribution is -2.63. The molecular weight excluding hydrogens is 334 g/mol. The van der Waals surface area contributed by atoms with Gasteiger partial charge in [0.25, 0.3) is 0 Å². The van der Waals surface area contributed by atoms with Crippen LogP contribution in [0.4, 0.5) is 5.69 Å². The number of methoxy groups -OCH3 is 1. The molecule has 0 aromatic heterocycles. The predicted octanol–water partition coefficient (Wildman–Crippen LogP) is 0.240. The average molecular weight is 359 g/mol. The maximum Gasteiger partial charge on any atom is 0.244 e. The maximum atomic E-state index is 12.6. The molecule has 2 heterocycles. The quantitative estimate of drug-likeness (QED) is 0.602. The van der Waals surface area contributed by atoms with Crippen LogP contribution in [0.3, 0.4) is 0 Å². The van der Waals surface area contributed by atoms with Crippen molar-refractivity contribution in [2.75, 3.05) is 19.5 Å². The second-order valence-electron chi connectivity index (χ2n) is 7.22. The van der Waals surface area contributed by atoms with E-state index in [4.69, 9.17) is 4.74 Å². The van der Waals surface area contributed by atoms with Gasteiger partial charge in [0.05, 0.1) is 31.0 Å². The molecule has 140 valence electrons. The molecule has 8 heteroatoms. The van der Waals surface area contributed by atoms with Gasteiger partial charge in [0, 0.05) is 25.4 Å². The van der Waals surface area contributed by atoms with Crippen molar-refractivity contribution in [2.24, 2.45) is 11.8 Å². The molecule has 2 saturated heterocycles. The number of nitrogens with one attached hydrogen (secondary N) is 4. The lowest BCUT2D eigenvalue weighted by atomic mass is 9.88. The number of hydrogen-bond donors (Lipinski definition) is 4. The van der Waals surface area contributed by atoms with Gasteiger partial charge in [0.2, 0.25) is 11.8 Å². The molecule has 1 aliphatic carbocycles. The monoisotopic (exact) mass is 359 g/mol. The summed E-state index contributed by atoms with van der Waals surface area (Å²) in [4.78, 5) is 24.8. The second-order valence-corrected chi connectivity index (χ2v) is 7.22. The molecule has 1 saturated carbocycles. The average Bonchev–Trinajstić information content (AvgIpc) is 3.43. The maximum absolute atomic E-state index is 12.6. The Morgan fingerprint density at radius 1 is 1.31 bits per heavy atom. The van der Waals surface area contributed by atoms with Crippen LogP contribution in [-0.2, 0) is 9.59 Å². The Balaban J connectivity index is 1.54. The van der Waals surface area contributed by atoms with Crippen LogP contribution < -0.4 is 26.1 Å². The highest BCUT2D eigenvalue weighted by atomic mass is 16.5. The Morgan fingerprint density at radius 3 is 2.81 bits per heavy atom. The normalized spacial score (nSPS) is 30.7. The number of hydrazine groups is 1. The number of amides is 2. The lowest BCUT2D eigenvalue weighted by molar-refractivity contribution is -0.131. The molecule has 2 amide bonds. The van der Waals surface area contributed by atoms with Crippen LogP contribution in [-0.4, -0.2) is 49.4 Å². The van der Waals surface area contributed by atoms with Crippen molar-refractivity contribution in [1.29, 1.82) is 0 Å². The number of nitrogens with zero attached hydrogens (tertiary/aromatic N) is 1. The third-order valence-corrected chi connectivity index (χ3v) is 5.32. The van der Waals surface area contributed by atoms with Gasteiger partial charge >= 0.3 is 0 Å². The van der Waals surface area contributed by atoms with E-state index in [0.29, 0.717) is 6.42 Å². The standard InChI is InChI=1S/C18H25N5O3/c1-23-18(25)15-12(19-11-5-3-4-6-13(11)26-2)9-14(20-16(15)22-23)21-17(24)10-7-8-10/h3-6,10,12,14-16,19-20,22H,7-9H2,1-2H3,(H,21,24). The van der Waals surface area contributed by atoms with Crippen molar-refractivity contribution in [3.8, 4) is 5.75 Å². The van der Waals surface area contributed by atoms with Gasteiger partial charge in [-0.3, -0.25) is 19.9 Å². The number of fused-ring (bicyclic) bond motifs is 1. The summed E-state index contributed by atoms with van der Waals surface area (Å²) in [5.41, 5.74) is 3.99. The Kier molecular flexibility index (Phi) is 4.46. The van der Waals surface area contributed by atoms with Crippen molar-refractivity contribution in [2.45, 2.75) is 37.6 Å². The minimum absolute atomic E-state index is 0.0295. The summed E-state index contributed by atoms with van der Waals surface area (Å²) in [7, 11) is 3.35. The summed E-state index contributed by atoms with van der Waals surface area (Å²) >= 11 is 0. The first kappa shape index (κ1) is 17.1. The number of benzene rings is 1. The number of rotatable bonds is 5. The molecule has 0 bridgehead atoms. The number of hydrogen-bond acceptors (Lipinski definition) is 6. The van der Waals surface area contributed by atoms with Gasteiger partial charge in [0.15, 0.2) is 0 Å². The Morgan fingerprint density at radius 2 is 2.08 bits per heavy atom. The van der Waals surface area contributed by atoms with E-state index in [1.54, 1.807) is 14.2 Å². The van der Waals surface area contributed by atoms with Crippen LogP contribution in [0.2, 0.25) is 0 Å². The highest BCUT2D eigenvalue weighted by Crippen LogP contribution is 2.32. The van der Waals surface area contributed by atoms with Crippen molar-refractivity contribution in [3.63, 3.8) is 0 Å². The molecule has 4 atom stereocenters. The summed E-state index contributed by atoms with van der Waals surface area (Å²) in [5.74, 6) is 0.736. The van der Waals surface area contributed by atoms with E-state index in [1.165, 1.54) is 5.01 Å². The van der Waals surface area contributed by atoms with Crippen LogP contribution in [0.1, 0.15) is 19.3 Å². The number of para-hydroxylation sites is 2. The predicted molar refractivity (Wildman–Crippen MR) is 96.0 cm³/mol. The van der Waals surface area contributed by atoms with Crippen LogP contribution in [0.15, 0.2) is 24.3 Å². The van der Waals surface area contributed by atoms with E-state index >= 15 is 0 Å². The van der Waals surface area contributed by atoms with Gasteiger partial charge in [-0.15, -0.1) is 0 Å². The molecule has 0 spiro atoms. The fraction of sp³-hybridized carbons (Fsp3) is 0.556. The van der Waals surface area contributed by atoms with Crippen LogP contribution in [0.5, 0.6) is 5.75 Å². The number of ether oxygens (including phenoxy) is 1. The molecule has 8 nitrogen and oxygen atoms in total. The Hall–Kier alpha value is -2.32. The molecule has 0 radical (unpaired) electrons. The summed E-state index contributed by atoms with van der Waals surface area (Å²) < 4.78 is 5.42. The largest absolute Gasteiger partial charge is 0.495 e. The minimum Gasteiger partial charge on any atom is -0.495 e. The summed E-state index contributed by atoms with van der Waals surface area (Å²) in [5, 5.41) is 11.4. The van der Waals surface area contributed by atoms with Gasteiger partial charge in [-0.05, 0) is 25.0 Å². The van der Waals surface area contributed by atoms with E-state index in [1.807, 2.05) is 24.3 Å². The first-order valence-corrected chi connectivity index (χ1v) is 9.06. The van der Waals surface area contributed by atoms with Crippen LogP contribution in [0.25, 0.3) is 0 Å². The van der Waals surface area contributed by atoms with Crippen LogP contribution >= 0.6 is 0 Å². The molecule has 3 fully saturated rings. The lowest BCUT2D eigenvalue weighted by Gasteiger charge is -2.38. The third-order valence-electron chi connectivity index (χ3n) is 5.32. The summed E-state index contributed by atoms with van der Waals surface area (Å²) in [6.45, 7) is 0. The fourth-order valence-electron chi connectivity index (χ4n) is 3.80. The van der Waals surface area contributed by atoms with E-state index in [2.05, 4.69) is 21.4 Å². The topological polar surface area (TPSA) is 94.7 Å². The minimum atomic E-state index is -0.265. The van der Waals surface area contributed by atoms with E-state index in [9.17, 15) is 9.59 Å². The molecule has 4 N–H and O–H groups in total. The van der Waals surface area contributed by atoms with Gasteiger partial charge in [-0.25, -0.2) is 5.43 Å². The van der Waals surface area contributed by atoms with Crippen molar-refractivity contribution < 1.29 is 14.3 Å². The van der Waals surface area contributed by atoms with Crippen molar-refractivity contribution in [1.82, 2.24) is 21.1 Å². The summed E-state index contributed by atoms with van der Waals surface area (Å²) in [6.07, 6.45) is 2.13. The molecule has 4 unspecified atom stereocenters. The van der Waals surface area contributed by atoms with Gasteiger partial charge in [0.1, 0.15) is 5.75 Å². The molecular formula is C18H25N5O3. The number of piperidine rings is 1. The number of carbonyl (C=O) groups excluding carboxylic acids is 2. The highest BCUT2D eigenvalue weighted by molar-refractivity contribution is 5.83. The number of anilines is 1. The van der Waals surface area contributed by atoms with Crippen molar-refractivity contribution in [3.05, 3.63) is 24.3 Å². The third kappa shape index (κ3) is 3.22.